The Hall–Kier alpha value is -6.08. The molecule has 1 spiro atoms. The van der Waals surface area contributed by atoms with E-state index in [1.165, 1.54) is 6.92 Å². The van der Waals surface area contributed by atoms with Gasteiger partial charge in [0, 0.05) is 77.5 Å². The van der Waals surface area contributed by atoms with E-state index < -0.39 is 23.0 Å². The third-order valence-electron chi connectivity index (χ3n) is 9.27. The molecule has 266 valence electrons. The first-order chi connectivity index (χ1) is 24.8. The first kappa shape index (κ1) is 35.7. The lowest BCUT2D eigenvalue weighted by Gasteiger charge is -2.37. The fourth-order valence-corrected chi connectivity index (χ4v) is 7.29. The highest BCUT2D eigenvalue weighted by atomic mass is 16.6. The fourth-order valence-electron chi connectivity index (χ4n) is 7.29. The van der Waals surface area contributed by atoms with Gasteiger partial charge >= 0.3 is 18.0 Å². The van der Waals surface area contributed by atoms with E-state index in [0.29, 0.717) is 63.8 Å². The van der Waals surface area contributed by atoms with Gasteiger partial charge in [-0.1, -0.05) is 38.1 Å². The molecular formula is C42H41N3O7. The summed E-state index contributed by atoms with van der Waals surface area (Å²) in [5.41, 5.74) is 3.83. The summed E-state index contributed by atoms with van der Waals surface area (Å²) in [4.78, 5) is 51.5. The van der Waals surface area contributed by atoms with E-state index in [0.717, 1.165) is 29.5 Å². The molecule has 3 N–H and O–H groups in total. The van der Waals surface area contributed by atoms with E-state index in [2.05, 4.69) is 21.9 Å². The number of hydrogen-bond acceptors (Lipinski definition) is 7. The summed E-state index contributed by atoms with van der Waals surface area (Å²) in [6, 6.07) is 21.1. The van der Waals surface area contributed by atoms with Crippen LogP contribution in [0.5, 0.6) is 17.2 Å². The minimum Gasteiger partial charge on any atom is -0.456 e. The molecule has 10 heteroatoms. The molecule has 2 heterocycles. The van der Waals surface area contributed by atoms with Gasteiger partial charge in [0.1, 0.15) is 17.2 Å². The molecule has 4 aromatic carbocycles. The quantitative estimate of drug-likeness (QED) is 0.0661. The van der Waals surface area contributed by atoms with Crippen LogP contribution < -0.4 is 25.4 Å². The van der Waals surface area contributed by atoms with Crippen LogP contribution in [0.2, 0.25) is 0 Å². The highest BCUT2D eigenvalue weighted by Gasteiger charge is 2.53. The number of ether oxygens (including phenoxy) is 3. The van der Waals surface area contributed by atoms with Gasteiger partial charge in [0.05, 0.1) is 5.56 Å². The number of anilines is 2. The van der Waals surface area contributed by atoms with Gasteiger partial charge in [0.25, 0.3) is 0 Å². The lowest BCUT2D eigenvalue weighted by molar-refractivity contribution is -0.132. The summed E-state index contributed by atoms with van der Waals surface area (Å²) in [5.74, 6) is 2.60. The number of esters is 2. The minimum absolute atomic E-state index is 0.0852. The van der Waals surface area contributed by atoms with Crippen LogP contribution >= 0.6 is 0 Å². The second-order valence-corrected chi connectivity index (χ2v) is 13.8. The fraction of sp³-hybridized carbons (Fsp3) is 0.286. The molecule has 4 aromatic rings. The lowest BCUT2D eigenvalue weighted by Crippen LogP contribution is -2.33. The summed E-state index contributed by atoms with van der Waals surface area (Å²) in [6.45, 7) is 9.56. The van der Waals surface area contributed by atoms with Gasteiger partial charge in [-0.25, -0.2) is 9.59 Å². The molecule has 2 aliphatic heterocycles. The number of nitrogens with one attached hydrogen (secondary N) is 3. The molecule has 10 nitrogen and oxygen atoms in total. The van der Waals surface area contributed by atoms with Gasteiger partial charge in [-0.3, -0.25) is 9.59 Å². The molecule has 0 aromatic heterocycles. The van der Waals surface area contributed by atoms with Crippen molar-refractivity contribution in [2.24, 2.45) is 0 Å². The largest absolute Gasteiger partial charge is 0.456 e. The lowest BCUT2D eigenvalue weighted by atomic mass is 9.77. The van der Waals surface area contributed by atoms with Crippen molar-refractivity contribution in [2.45, 2.75) is 71.3 Å². The number of urea groups is 1. The molecule has 2 aliphatic rings. The maximum atomic E-state index is 13.6. The number of carbonyl (C=O) groups excluding carboxylic acids is 4. The standard InChI is InChI=1S/C42H41N3O7/c1-7-8-9-12-19-43-40(49)45-29-16-18-33-35(23-29)51-34-22-28(15-17-32(34)42(33)31-14-11-10-13-30(31)39(48)52-42)44-37(47)24-41(5,6)38-26(3)20-25(2)21-36(38)50-27(4)46/h1,10-11,13-18,20-23H,8-9,12,19,24H2,2-6H3,(H,44,47)(H2,43,45,49). The number of aryl methyl sites for hydroxylation is 2. The Kier molecular flexibility index (Phi) is 9.81. The highest BCUT2D eigenvalue weighted by molar-refractivity contribution is 5.98. The number of amides is 3. The van der Waals surface area contributed by atoms with E-state index in [1.54, 1.807) is 48.5 Å². The number of benzene rings is 4. The van der Waals surface area contributed by atoms with Crippen molar-refractivity contribution >= 4 is 35.3 Å². The maximum Gasteiger partial charge on any atom is 0.340 e. The zero-order valence-electron chi connectivity index (χ0n) is 29.9. The highest BCUT2D eigenvalue weighted by Crippen LogP contribution is 2.56. The van der Waals surface area contributed by atoms with Crippen molar-refractivity contribution in [1.29, 1.82) is 0 Å². The van der Waals surface area contributed by atoms with Crippen molar-refractivity contribution < 1.29 is 33.4 Å². The summed E-state index contributed by atoms with van der Waals surface area (Å²) in [5, 5.41) is 8.68. The Bertz CT molecular complexity index is 2150. The van der Waals surface area contributed by atoms with Crippen molar-refractivity contribution in [3.63, 3.8) is 0 Å². The second kappa shape index (κ2) is 14.3. The first-order valence-corrected chi connectivity index (χ1v) is 17.2. The predicted octanol–water partition coefficient (Wildman–Crippen LogP) is 8.03. The zero-order valence-corrected chi connectivity index (χ0v) is 29.9. The number of terminal acetylenes is 1. The second-order valence-electron chi connectivity index (χ2n) is 13.8. The third-order valence-corrected chi connectivity index (χ3v) is 9.27. The summed E-state index contributed by atoms with van der Waals surface area (Å²) < 4.78 is 18.3. The molecule has 6 rings (SSSR count). The van der Waals surface area contributed by atoms with E-state index in [9.17, 15) is 19.2 Å². The van der Waals surface area contributed by atoms with Gasteiger partial charge < -0.3 is 30.2 Å². The first-order valence-electron chi connectivity index (χ1n) is 17.2. The van der Waals surface area contributed by atoms with Crippen LogP contribution in [0, 0.1) is 26.2 Å². The number of unbranched alkanes of at least 4 members (excludes halogenated alkanes) is 2. The van der Waals surface area contributed by atoms with Crippen LogP contribution in [0.3, 0.4) is 0 Å². The Morgan fingerprint density at radius 3 is 2.23 bits per heavy atom. The molecule has 3 amide bonds. The van der Waals surface area contributed by atoms with Crippen LogP contribution in [0.15, 0.2) is 72.8 Å². The predicted molar refractivity (Wildman–Crippen MR) is 198 cm³/mol. The van der Waals surface area contributed by atoms with E-state index >= 15 is 0 Å². The van der Waals surface area contributed by atoms with Crippen LogP contribution in [-0.2, 0) is 25.3 Å². The molecule has 1 atom stereocenters. The molecule has 52 heavy (non-hydrogen) atoms. The Labute approximate surface area is 303 Å². The van der Waals surface area contributed by atoms with Crippen LogP contribution in [-0.4, -0.2) is 30.4 Å². The Morgan fingerprint density at radius 2 is 1.56 bits per heavy atom. The zero-order chi connectivity index (χ0) is 37.2. The molecule has 0 radical (unpaired) electrons. The Balaban J connectivity index is 1.30. The average molecular weight is 700 g/mol. The maximum absolute atomic E-state index is 13.6. The number of carbonyl (C=O) groups is 4. The van der Waals surface area contributed by atoms with Crippen LogP contribution in [0.25, 0.3) is 0 Å². The van der Waals surface area contributed by atoms with Crippen molar-refractivity contribution in [3.05, 3.63) is 112 Å². The number of rotatable bonds is 10. The number of hydrogen-bond donors (Lipinski definition) is 3. The van der Waals surface area contributed by atoms with Gasteiger partial charge in [0.15, 0.2) is 5.60 Å². The summed E-state index contributed by atoms with van der Waals surface area (Å²) >= 11 is 0. The number of fused-ring (bicyclic) bond motifs is 6. The van der Waals surface area contributed by atoms with Gasteiger partial charge in [-0.05, 0) is 74.2 Å². The third kappa shape index (κ3) is 6.95. The van der Waals surface area contributed by atoms with E-state index in [-0.39, 0.29) is 18.4 Å². The molecule has 0 fully saturated rings. The average Bonchev–Trinajstić information content (AvgIpc) is 3.35. The molecule has 0 saturated heterocycles. The normalized spacial score (nSPS) is 15.3. The van der Waals surface area contributed by atoms with E-state index in [4.69, 9.17) is 20.6 Å². The van der Waals surface area contributed by atoms with Crippen LogP contribution in [0.1, 0.15) is 90.2 Å². The Morgan fingerprint density at radius 1 is 0.885 bits per heavy atom. The molecule has 0 bridgehead atoms. The van der Waals surface area contributed by atoms with Crippen molar-refractivity contribution in [3.8, 4) is 29.6 Å². The molecule has 1 unspecified atom stereocenters. The van der Waals surface area contributed by atoms with Crippen molar-refractivity contribution in [2.75, 3.05) is 17.2 Å². The summed E-state index contributed by atoms with van der Waals surface area (Å²) in [7, 11) is 0. The molecule has 0 saturated carbocycles. The summed E-state index contributed by atoms with van der Waals surface area (Å²) in [6.07, 6.45) is 7.62. The van der Waals surface area contributed by atoms with Gasteiger partial charge in [-0.15, -0.1) is 12.3 Å². The SMILES string of the molecule is C#CCCCCNC(=O)Nc1ccc2c(c1)Oc1cc(NC(=O)CC(C)(C)c3c(C)cc(C)cc3OC(C)=O)ccc1C21OC(=O)c2ccccc21. The minimum atomic E-state index is -1.32. The topological polar surface area (TPSA) is 132 Å². The smallest absolute Gasteiger partial charge is 0.340 e. The van der Waals surface area contributed by atoms with Crippen molar-refractivity contribution in [1.82, 2.24) is 5.32 Å². The van der Waals surface area contributed by atoms with Gasteiger partial charge in [0.2, 0.25) is 5.91 Å². The van der Waals surface area contributed by atoms with E-state index in [1.807, 2.05) is 52.0 Å². The monoisotopic (exact) mass is 699 g/mol. The van der Waals surface area contributed by atoms with Gasteiger partial charge in [-0.2, -0.15) is 0 Å². The molecular weight excluding hydrogens is 658 g/mol. The molecule has 0 aliphatic carbocycles. The van der Waals surface area contributed by atoms with Crippen LogP contribution in [0.4, 0.5) is 16.2 Å².